The smallest absolute Gasteiger partial charge is 0.268 e. The quantitative estimate of drug-likeness (QED) is 0.677. The summed E-state index contributed by atoms with van der Waals surface area (Å²) < 4.78 is 70.6. The van der Waals surface area contributed by atoms with E-state index in [1.165, 1.54) is 19.1 Å². The van der Waals surface area contributed by atoms with E-state index in [1.54, 1.807) is 0 Å². The Morgan fingerprint density at radius 2 is 1.75 bits per heavy atom. The van der Waals surface area contributed by atoms with Crippen LogP contribution in [0, 0.1) is 36.3 Å². The second kappa shape index (κ2) is 8.90. The van der Waals surface area contributed by atoms with Crippen LogP contribution in [0.4, 0.5) is 24.7 Å². The van der Waals surface area contributed by atoms with E-state index < -0.39 is 32.5 Å². The van der Waals surface area contributed by atoms with Crippen molar-refractivity contribution >= 4 is 21.5 Å². The first-order valence-corrected chi connectivity index (χ1v) is 12.2. The van der Waals surface area contributed by atoms with Gasteiger partial charge in [0.25, 0.3) is 10.0 Å². The maximum absolute atomic E-state index is 15.2. The molecule has 4 rings (SSSR count). The van der Waals surface area contributed by atoms with Crippen LogP contribution in [0.2, 0.25) is 0 Å². The fourth-order valence-electron chi connectivity index (χ4n) is 4.80. The average Bonchev–Trinajstić information content (AvgIpc) is 3.20. The molecular weight excluding hydrogens is 441 g/mol. The van der Waals surface area contributed by atoms with E-state index >= 15 is 4.39 Å². The molecule has 6 nitrogen and oxygen atoms in total. The first-order chi connectivity index (χ1) is 15.2. The second-order valence-corrected chi connectivity index (χ2v) is 10.4. The number of aromatic nitrogens is 1. The molecule has 1 N–H and O–H groups in total. The monoisotopic (exact) mass is 468 g/mol. The first-order valence-electron chi connectivity index (χ1n) is 10.7. The summed E-state index contributed by atoms with van der Waals surface area (Å²) in [6.45, 7) is 4.94. The molecule has 10 heteroatoms. The zero-order chi connectivity index (χ0) is 23.0. The van der Waals surface area contributed by atoms with E-state index in [0.717, 1.165) is 44.5 Å². The number of anilines is 2. The number of likely N-dealkylation sites (tertiary alicyclic amines) is 1. The van der Waals surface area contributed by atoms with E-state index in [0.29, 0.717) is 30.6 Å². The second-order valence-electron chi connectivity index (χ2n) is 8.73. The fraction of sp³-hybridized carbons (Fsp3) is 0.500. The zero-order valence-corrected chi connectivity index (χ0v) is 18.9. The van der Waals surface area contributed by atoms with Gasteiger partial charge in [-0.15, -0.1) is 0 Å². The molecule has 0 bridgehead atoms. The molecule has 0 aliphatic carbocycles. The lowest BCUT2D eigenvalue weighted by molar-refractivity contribution is 0.178. The lowest BCUT2D eigenvalue weighted by atomic mass is 9.84. The van der Waals surface area contributed by atoms with E-state index in [9.17, 15) is 17.2 Å². The van der Waals surface area contributed by atoms with Crippen LogP contribution in [-0.2, 0) is 10.0 Å². The van der Waals surface area contributed by atoms with Crippen molar-refractivity contribution in [1.82, 2.24) is 9.88 Å². The Hall–Kier alpha value is -2.33. The third-order valence-electron chi connectivity index (χ3n) is 6.61. The molecular formula is C22H27F3N4O2S. The summed E-state index contributed by atoms with van der Waals surface area (Å²) in [6.07, 6.45) is 3.19. The van der Waals surface area contributed by atoms with Crippen LogP contribution in [-0.4, -0.2) is 51.5 Å². The molecule has 2 aliphatic heterocycles. The Morgan fingerprint density at radius 1 is 1.06 bits per heavy atom. The Bertz CT molecular complexity index is 1100. The number of hydrogen-bond donors (Lipinski definition) is 1. The number of halogens is 3. The molecule has 0 unspecified atom stereocenters. The molecule has 0 radical (unpaired) electrons. The van der Waals surface area contributed by atoms with Gasteiger partial charge in [-0.25, -0.2) is 22.2 Å². The van der Waals surface area contributed by atoms with E-state index in [1.807, 2.05) is 9.62 Å². The molecule has 32 heavy (non-hydrogen) atoms. The number of piperidine rings is 1. The van der Waals surface area contributed by atoms with Crippen LogP contribution in [0.15, 0.2) is 29.2 Å². The summed E-state index contributed by atoms with van der Waals surface area (Å²) in [5.74, 6) is -2.55. The third-order valence-corrected chi connectivity index (χ3v) is 8.00. The molecule has 2 saturated heterocycles. The Labute approximate surface area is 186 Å². The van der Waals surface area contributed by atoms with Crippen molar-refractivity contribution < 1.29 is 21.6 Å². The van der Waals surface area contributed by atoms with Crippen LogP contribution in [0.5, 0.6) is 0 Å². The molecule has 174 valence electrons. The highest BCUT2D eigenvalue weighted by Crippen LogP contribution is 2.37. The summed E-state index contributed by atoms with van der Waals surface area (Å²) in [5.41, 5.74) is 0.446. The van der Waals surface area contributed by atoms with Gasteiger partial charge in [0.05, 0.1) is 0 Å². The molecule has 2 aromatic rings. The molecule has 1 atom stereocenters. The van der Waals surface area contributed by atoms with Crippen LogP contribution >= 0.6 is 0 Å². The van der Waals surface area contributed by atoms with Gasteiger partial charge in [-0.05, 0) is 76.4 Å². The predicted octanol–water partition coefficient (Wildman–Crippen LogP) is 3.78. The average molecular weight is 469 g/mol. The minimum Gasteiger partial charge on any atom is -0.371 e. The zero-order valence-electron chi connectivity index (χ0n) is 18.1. The van der Waals surface area contributed by atoms with Gasteiger partial charge in [0.1, 0.15) is 11.6 Å². The molecule has 2 aliphatic rings. The number of pyridine rings is 1. The molecule has 3 heterocycles. The van der Waals surface area contributed by atoms with Crippen molar-refractivity contribution in [3.8, 4) is 0 Å². The van der Waals surface area contributed by atoms with Gasteiger partial charge < -0.3 is 9.80 Å². The highest BCUT2D eigenvalue weighted by atomic mass is 32.2. The van der Waals surface area contributed by atoms with Gasteiger partial charge in [-0.1, -0.05) is 6.07 Å². The minimum atomic E-state index is -4.64. The summed E-state index contributed by atoms with van der Waals surface area (Å²) in [4.78, 5) is 6.56. The summed E-state index contributed by atoms with van der Waals surface area (Å²) in [7, 11) is -2.53. The van der Waals surface area contributed by atoms with Gasteiger partial charge in [0, 0.05) is 24.3 Å². The maximum atomic E-state index is 15.2. The highest BCUT2D eigenvalue weighted by molar-refractivity contribution is 7.92. The van der Waals surface area contributed by atoms with E-state index in [4.69, 9.17) is 0 Å². The lowest BCUT2D eigenvalue weighted by Gasteiger charge is -2.33. The van der Waals surface area contributed by atoms with Crippen molar-refractivity contribution in [2.24, 2.45) is 11.8 Å². The number of nitrogens with one attached hydrogen (secondary N) is 1. The van der Waals surface area contributed by atoms with Crippen molar-refractivity contribution in [3.05, 3.63) is 47.4 Å². The van der Waals surface area contributed by atoms with Crippen LogP contribution in [0.25, 0.3) is 0 Å². The van der Waals surface area contributed by atoms with Crippen LogP contribution in [0.3, 0.4) is 0 Å². The van der Waals surface area contributed by atoms with Crippen molar-refractivity contribution in [2.45, 2.75) is 31.1 Å². The SMILES string of the molecule is Cc1c(N2CC[C@H](C3CCN(C)CC3)C2)cc(F)c(S(=O)(=O)Nc2cccc(F)n2)c1F. The van der Waals surface area contributed by atoms with Gasteiger partial charge in [-0.2, -0.15) is 4.39 Å². The fourth-order valence-corrected chi connectivity index (χ4v) is 6.00. The van der Waals surface area contributed by atoms with Crippen molar-refractivity contribution in [2.75, 3.05) is 42.8 Å². The van der Waals surface area contributed by atoms with E-state index in [2.05, 4.69) is 16.9 Å². The van der Waals surface area contributed by atoms with Gasteiger partial charge >= 0.3 is 0 Å². The Morgan fingerprint density at radius 3 is 2.44 bits per heavy atom. The predicted molar refractivity (Wildman–Crippen MR) is 117 cm³/mol. The number of nitrogens with zero attached hydrogens (tertiary/aromatic N) is 3. The third kappa shape index (κ3) is 4.56. The van der Waals surface area contributed by atoms with Crippen LogP contribution in [0.1, 0.15) is 24.8 Å². The van der Waals surface area contributed by atoms with Gasteiger partial charge in [0.2, 0.25) is 5.95 Å². The number of sulfonamides is 1. The topological polar surface area (TPSA) is 65.5 Å². The number of benzene rings is 1. The largest absolute Gasteiger partial charge is 0.371 e. The number of rotatable bonds is 5. The summed E-state index contributed by atoms with van der Waals surface area (Å²) in [5, 5.41) is 0. The molecule has 1 aromatic heterocycles. The summed E-state index contributed by atoms with van der Waals surface area (Å²) >= 11 is 0. The molecule has 2 fully saturated rings. The lowest BCUT2D eigenvalue weighted by Crippen LogP contribution is -2.34. The van der Waals surface area contributed by atoms with E-state index in [-0.39, 0.29) is 11.4 Å². The van der Waals surface area contributed by atoms with Crippen molar-refractivity contribution in [1.29, 1.82) is 0 Å². The van der Waals surface area contributed by atoms with Crippen LogP contribution < -0.4 is 9.62 Å². The Kier molecular flexibility index (Phi) is 6.35. The molecule has 0 amide bonds. The van der Waals surface area contributed by atoms with Gasteiger partial charge in [-0.3, -0.25) is 4.72 Å². The van der Waals surface area contributed by atoms with Crippen molar-refractivity contribution in [3.63, 3.8) is 0 Å². The highest BCUT2D eigenvalue weighted by Gasteiger charge is 2.34. The minimum absolute atomic E-state index is 0.0722. The van der Waals surface area contributed by atoms with Gasteiger partial charge in [0.15, 0.2) is 10.7 Å². The standard InChI is InChI=1S/C22H27F3N4O2S/c1-14-18(29-11-8-16(13-29)15-6-9-28(2)10-7-15)12-17(23)22(21(14)25)32(30,31)27-20-5-3-4-19(24)26-20/h3-5,12,15-16H,6-11,13H2,1-2H3,(H,26,27)/t16-/m0/s1. The molecule has 1 aromatic carbocycles. The molecule has 0 saturated carbocycles. The normalized spacial score (nSPS) is 20.7. The maximum Gasteiger partial charge on any atom is 0.268 e. The summed E-state index contributed by atoms with van der Waals surface area (Å²) in [6, 6.07) is 4.57. The Balaban J connectivity index is 1.56. The number of hydrogen-bond acceptors (Lipinski definition) is 5. The first kappa shape index (κ1) is 22.8. The molecule has 0 spiro atoms.